The minimum atomic E-state index is -4.53. The molecule has 4 nitrogen and oxygen atoms in total. The molecule has 2 aliphatic carbocycles. The van der Waals surface area contributed by atoms with Crippen molar-refractivity contribution in [1.82, 2.24) is 5.48 Å². The number of ether oxygens (including phenoxy) is 1. The van der Waals surface area contributed by atoms with Crippen molar-refractivity contribution < 1.29 is 27.5 Å². The summed E-state index contributed by atoms with van der Waals surface area (Å²) in [7, 11) is 1.27. The number of benzene rings is 1. The maximum atomic E-state index is 13.4. The lowest BCUT2D eigenvalue weighted by Crippen LogP contribution is -2.35. The van der Waals surface area contributed by atoms with Gasteiger partial charge in [0.2, 0.25) is 0 Å². The number of nitrogens with one attached hydrogen (secondary N) is 1. The van der Waals surface area contributed by atoms with Gasteiger partial charge in [-0.2, -0.15) is 13.2 Å². The van der Waals surface area contributed by atoms with Crippen LogP contribution >= 0.6 is 0 Å². The zero-order valence-corrected chi connectivity index (χ0v) is 17.9. The Balaban J connectivity index is 1.79. The molecule has 1 N–H and O–H groups in total. The largest absolute Gasteiger partial charge is 0.416 e. The summed E-state index contributed by atoms with van der Waals surface area (Å²) in [6.07, 6.45) is 8.10. The van der Waals surface area contributed by atoms with Crippen LogP contribution in [0.4, 0.5) is 13.2 Å². The van der Waals surface area contributed by atoms with Crippen LogP contribution in [-0.2, 0) is 15.8 Å². The van der Waals surface area contributed by atoms with E-state index >= 15 is 0 Å². The number of halogens is 3. The van der Waals surface area contributed by atoms with Gasteiger partial charge in [0.1, 0.15) is 0 Å². The van der Waals surface area contributed by atoms with E-state index < -0.39 is 17.6 Å². The van der Waals surface area contributed by atoms with Gasteiger partial charge in [-0.15, -0.1) is 0 Å². The van der Waals surface area contributed by atoms with Gasteiger partial charge < -0.3 is 4.74 Å². The zero-order valence-electron chi connectivity index (χ0n) is 17.9. The average Bonchev–Trinajstić information content (AvgIpc) is 3.12. The lowest BCUT2D eigenvalue weighted by Gasteiger charge is -2.36. The average molecular weight is 438 g/mol. The molecule has 1 heterocycles. The summed E-state index contributed by atoms with van der Waals surface area (Å²) in [5.74, 6) is -0.363. The molecule has 7 heteroatoms. The number of hydrogen-bond donors (Lipinski definition) is 1. The molecule has 0 radical (unpaired) electrons. The van der Waals surface area contributed by atoms with Crippen molar-refractivity contribution in [2.45, 2.75) is 82.1 Å². The predicted molar refractivity (Wildman–Crippen MR) is 111 cm³/mol. The fraction of sp³-hybridized carbons (Fsp3) is 0.625. The molecule has 3 aliphatic rings. The highest BCUT2D eigenvalue weighted by atomic mass is 19.4. The first-order valence-corrected chi connectivity index (χ1v) is 11.3. The molecular weight excluding hydrogens is 407 g/mol. The Labute approximate surface area is 181 Å². The first-order chi connectivity index (χ1) is 14.8. The van der Waals surface area contributed by atoms with Gasteiger partial charge in [-0.1, -0.05) is 44.6 Å². The molecule has 0 bridgehead atoms. The van der Waals surface area contributed by atoms with Crippen molar-refractivity contribution in [3.8, 4) is 0 Å². The highest BCUT2D eigenvalue weighted by Crippen LogP contribution is 2.48. The quantitative estimate of drug-likeness (QED) is 0.582. The SMILES string of the molecule is CONC(=O)c1cc(C(F)(F)F)ccc1C1=CC2(CCCCC2)OC1C1CCCCC1. The van der Waals surface area contributed by atoms with Crippen LogP contribution in [0.3, 0.4) is 0 Å². The van der Waals surface area contributed by atoms with Crippen molar-refractivity contribution in [1.29, 1.82) is 0 Å². The van der Waals surface area contributed by atoms with E-state index in [-0.39, 0.29) is 17.3 Å². The Morgan fingerprint density at radius 3 is 2.42 bits per heavy atom. The lowest BCUT2D eigenvalue weighted by atomic mass is 9.79. The standard InChI is InChI=1S/C24H30F3NO3/c1-30-28-22(29)19-14-17(24(25,26)27)10-11-18(19)20-15-23(12-6-3-7-13-23)31-21(20)16-8-4-2-5-9-16/h10-11,14-16,21H,2-9,12-13H2,1H3,(H,28,29). The number of amides is 1. The maximum absolute atomic E-state index is 13.4. The van der Waals surface area contributed by atoms with Crippen LogP contribution < -0.4 is 5.48 Å². The fourth-order valence-corrected chi connectivity index (χ4v) is 5.45. The number of carbonyl (C=O) groups excluding carboxylic acids is 1. The smallest absolute Gasteiger partial charge is 0.363 e. The van der Waals surface area contributed by atoms with Crippen LogP contribution in [0, 0.1) is 5.92 Å². The normalized spacial score (nSPS) is 24.3. The number of alkyl halides is 3. The number of hydrogen-bond acceptors (Lipinski definition) is 3. The van der Waals surface area contributed by atoms with Gasteiger partial charge in [0, 0.05) is 5.56 Å². The van der Waals surface area contributed by atoms with E-state index in [4.69, 9.17) is 9.57 Å². The molecule has 0 saturated heterocycles. The van der Waals surface area contributed by atoms with Gasteiger partial charge in [-0.3, -0.25) is 9.63 Å². The Kier molecular flexibility index (Phi) is 6.44. The van der Waals surface area contributed by atoms with Gasteiger partial charge in [0.15, 0.2) is 0 Å². The van der Waals surface area contributed by atoms with Gasteiger partial charge in [0.05, 0.1) is 24.4 Å². The molecule has 1 aromatic carbocycles. The monoisotopic (exact) mass is 437 g/mol. The molecule has 0 aromatic heterocycles. The number of rotatable bonds is 4. The Bertz CT molecular complexity index is 837. The number of hydroxylamine groups is 1. The summed E-state index contributed by atoms with van der Waals surface area (Å²) in [5, 5.41) is 0. The molecule has 170 valence electrons. The molecular formula is C24H30F3NO3. The van der Waals surface area contributed by atoms with Crippen LogP contribution in [0.5, 0.6) is 0 Å². The molecule has 2 fully saturated rings. The molecule has 1 atom stereocenters. The summed E-state index contributed by atoms with van der Waals surface area (Å²) < 4.78 is 46.8. The molecule has 1 amide bonds. The van der Waals surface area contributed by atoms with E-state index in [0.29, 0.717) is 11.5 Å². The molecule has 1 spiro atoms. The molecule has 4 rings (SSSR count). The summed E-state index contributed by atoms with van der Waals surface area (Å²) in [6.45, 7) is 0. The van der Waals surface area contributed by atoms with Gasteiger partial charge in [0.25, 0.3) is 5.91 Å². The van der Waals surface area contributed by atoms with Crippen LogP contribution in [-0.4, -0.2) is 24.7 Å². The maximum Gasteiger partial charge on any atom is 0.416 e. The third-order valence-corrected chi connectivity index (χ3v) is 6.96. The minimum absolute atomic E-state index is 0.0276. The van der Waals surface area contributed by atoms with Crippen molar-refractivity contribution >= 4 is 11.5 Å². The Morgan fingerprint density at radius 1 is 1.10 bits per heavy atom. The first-order valence-electron chi connectivity index (χ1n) is 11.3. The molecule has 2 saturated carbocycles. The predicted octanol–water partition coefficient (Wildman–Crippen LogP) is 6.06. The van der Waals surface area contributed by atoms with Crippen molar-refractivity contribution in [3.05, 3.63) is 41.0 Å². The second-order valence-corrected chi connectivity index (χ2v) is 9.06. The molecule has 1 unspecified atom stereocenters. The van der Waals surface area contributed by atoms with E-state index in [1.54, 1.807) is 0 Å². The van der Waals surface area contributed by atoms with Crippen LogP contribution in [0.15, 0.2) is 24.3 Å². The van der Waals surface area contributed by atoms with E-state index in [2.05, 4.69) is 11.6 Å². The van der Waals surface area contributed by atoms with Crippen LogP contribution in [0.1, 0.15) is 85.7 Å². The Hall–Kier alpha value is -1.86. The van der Waals surface area contributed by atoms with Crippen molar-refractivity contribution in [2.75, 3.05) is 7.11 Å². The van der Waals surface area contributed by atoms with Gasteiger partial charge in [-0.25, -0.2) is 5.48 Å². The van der Waals surface area contributed by atoms with E-state index in [1.165, 1.54) is 26.0 Å². The van der Waals surface area contributed by atoms with Crippen LogP contribution in [0.2, 0.25) is 0 Å². The van der Waals surface area contributed by atoms with Crippen molar-refractivity contribution in [2.24, 2.45) is 5.92 Å². The minimum Gasteiger partial charge on any atom is -0.363 e. The number of carbonyl (C=O) groups is 1. The summed E-state index contributed by atoms with van der Waals surface area (Å²) in [4.78, 5) is 17.4. The highest BCUT2D eigenvalue weighted by molar-refractivity contribution is 5.99. The summed E-state index contributed by atoms with van der Waals surface area (Å²) >= 11 is 0. The first kappa shape index (κ1) is 22.3. The molecule has 1 aliphatic heterocycles. The third-order valence-electron chi connectivity index (χ3n) is 6.96. The van der Waals surface area contributed by atoms with Gasteiger partial charge in [-0.05, 0) is 60.9 Å². The van der Waals surface area contributed by atoms with Crippen LogP contribution in [0.25, 0.3) is 5.57 Å². The summed E-state index contributed by atoms with van der Waals surface area (Å²) in [6, 6.07) is 3.41. The second kappa shape index (κ2) is 8.94. The van der Waals surface area contributed by atoms with E-state index in [1.807, 2.05) is 0 Å². The lowest BCUT2D eigenvalue weighted by molar-refractivity contribution is -0.137. The van der Waals surface area contributed by atoms with E-state index in [9.17, 15) is 18.0 Å². The topological polar surface area (TPSA) is 47.6 Å². The van der Waals surface area contributed by atoms with Crippen molar-refractivity contribution in [3.63, 3.8) is 0 Å². The fourth-order valence-electron chi connectivity index (χ4n) is 5.45. The second-order valence-electron chi connectivity index (χ2n) is 9.06. The van der Waals surface area contributed by atoms with E-state index in [0.717, 1.165) is 69.1 Å². The summed E-state index contributed by atoms with van der Waals surface area (Å²) in [5.41, 5.74) is 2.33. The third kappa shape index (κ3) is 4.67. The zero-order chi connectivity index (χ0) is 22.1. The van der Waals surface area contributed by atoms with Gasteiger partial charge >= 0.3 is 6.18 Å². The highest BCUT2D eigenvalue weighted by Gasteiger charge is 2.45. The molecule has 31 heavy (non-hydrogen) atoms. The Morgan fingerprint density at radius 2 is 1.77 bits per heavy atom. The molecule has 1 aromatic rings.